The number of amides is 3. The Morgan fingerprint density at radius 3 is 1.77 bits per heavy atom. The molecule has 0 rings (SSSR count). The maximum Gasteiger partial charge on any atom is 0.243 e. The molecule has 3 atom stereocenters. The van der Waals surface area contributed by atoms with Gasteiger partial charge in [0.05, 0.1) is 6.04 Å². The van der Waals surface area contributed by atoms with Crippen molar-refractivity contribution in [3.8, 4) is 0 Å². The van der Waals surface area contributed by atoms with Crippen molar-refractivity contribution in [2.45, 2.75) is 79.4 Å². The molecule has 0 fully saturated rings. The van der Waals surface area contributed by atoms with Crippen molar-refractivity contribution in [1.82, 2.24) is 16.0 Å². The number of nitrogens with two attached hydrogens (primary N) is 2. The first-order valence-corrected chi connectivity index (χ1v) is 9.98. The first kappa shape index (κ1) is 27.4. The molecular formula is C20H38N6O4. The molecule has 0 aliphatic carbocycles. The Bertz CT molecular complexity index is 645. The van der Waals surface area contributed by atoms with E-state index in [0.29, 0.717) is 25.7 Å². The lowest BCUT2D eigenvalue weighted by atomic mass is 9.83. The Balaban J connectivity index is 5.32. The number of nitrogens with zero attached hydrogens (tertiary/aromatic N) is 1. The van der Waals surface area contributed by atoms with Crippen LogP contribution >= 0.6 is 0 Å². The van der Waals surface area contributed by atoms with E-state index in [1.54, 1.807) is 20.8 Å². The third-order valence-corrected chi connectivity index (χ3v) is 4.35. The Morgan fingerprint density at radius 2 is 1.37 bits per heavy atom. The molecule has 0 spiro atoms. The lowest BCUT2D eigenvalue weighted by molar-refractivity contribution is -0.136. The zero-order chi connectivity index (χ0) is 23.7. The molecule has 10 heteroatoms. The van der Waals surface area contributed by atoms with E-state index in [1.807, 2.05) is 20.8 Å². The minimum atomic E-state index is -0.913. The van der Waals surface area contributed by atoms with E-state index in [-0.39, 0.29) is 11.9 Å². The predicted molar refractivity (Wildman–Crippen MR) is 116 cm³/mol. The van der Waals surface area contributed by atoms with Gasteiger partial charge in [0.25, 0.3) is 0 Å². The Morgan fingerprint density at radius 1 is 0.900 bits per heavy atom. The molecular weight excluding hydrogens is 388 g/mol. The van der Waals surface area contributed by atoms with Gasteiger partial charge in [-0.15, -0.1) is 0 Å². The number of carbonyl (C=O) groups is 4. The smallest absolute Gasteiger partial charge is 0.243 e. The summed E-state index contributed by atoms with van der Waals surface area (Å²) in [7, 11) is 0. The third-order valence-electron chi connectivity index (χ3n) is 4.35. The number of hydrogen-bond donors (Lipinski definition) is 5. The van der Waals surface area contributed by atoms with Crippen molar-refractivity contribution >= 4 is 30.0 Å². The average molecular weight is 427 g/mol. The lowest BCUT2D eigenvalue weighted by Gasteiger charge is -2.35. The van der Waals surface area contributed by atoms with E-state index in [0.717, 1.165) is 0 Å². The van der Waals surface area contributed by atoms with Gasteiger partial charge in [0.1, 0.15) is 18.4 Å². The molecule has 0 aromatic rings. The summed E-state index contributed by atoms with van der Waals surface area (Å²) in [6.45, 7) is 12.5. The monoisotopic (exact) mass is 426 g/mol. The topological polar surface area (TPSA) is 169 Å². The zero-order valence-corrected chi connectivity index (χ0v) is 19.2. The van der Waals surface area contributed by atoms with Crippen LogP contribution in [0.1, 0.15) is 61.3 Å². The summed E-state index contributed by atoms with van der Waals surface area (Å²) in [4.78, 5) is 52.6. The molecule has 172 valence electrons. The van der Waals surface area contributed by atoms with Crippen molar-refractivity contribution < 1.29 is 19.2 Å². The SMILES string of the molecule is CC(=O)N[C@H](C(=O)NC(C(=O)N[C@H](C=O)CCCN=C(N)N)C(C)(C)C)C(C)(C)C. The van der Waals surface area contributed by atoms with Crippen molar-refractivity contribution in [1.29, 1.82) is 0 Å². The van der Waals surface area contributed by atoms with Gasteiger partial charge in [-0.3, -0.25) is 19.4 Å². The second-order valence-electron chi connectivity index (χ2n) is 9.51. The van der Waals surface area contributed by atoms with Gasteiger partial charge in [0.15, 0.2) is 5.96 Å². The fourth-order valence-electron chi connectivity index (χ4n) is 2.74. The minimum absolute atomic E-state index is 0.0372. The molecule has 0 saturated carbocycles. The summed E-state index contributed by atoms with van der Waals surface area (Å²) < 4.78 is 0. The van der Waals surface area contributed by atoms with Crippen LogP contribution in [0.2, 0.25) is 0 Å². The van der Waals surface area contributed by atoms with Crippen molar-refractivity contribution in [2.24, 2.45) is 27.3 Å². The molecule has 10 nitrogen and oxygen atoms in total. The molecule has 3 amide bonds. The van der Waals surface area contributed by atoms with Crippen molar-refractivity contribution in [3.05, 3.63) is 0 Å². The summed E-state index contributed by atoms with van der Waals surface area (Å²) in [5.74, 6) is -1.33. The molecule has 0 radical (unpaired) electrons. The molecule has 0 aliphatic rings. The quantitative estimate of drug-likeness (QED) is 0.140. The van der Waals surface area contributed by atoms with Crippen LogP contribution in [0.15, 0.2) is 4.99 Å². The molecule has 1 unspecified atom stereocenters. The van der Waals surface area contributed by atoms with Crippen molar-refractivity contribution in [2.75, 3.05) is 6.54 Å². The first-order valence-electron chi connectivity index (χ1n) is 9.98. The van der Waals surface area contributed by atoms with Crippen molar-refractivity contribution in [3.63, 3.8) is 0 Å². The Kier molecular flexibility index (Phi) is 10.5. The molecule has 0 heterocycles. The predicted octanol–water partition coefficient (Wildman–Crippen LogP) is -0.195. The fourth-order valence-corrected chi connectivity index (χ4v) is 2.74. The minimum Gasteiger partial charge on any atom is -0.370 e. The van der Waals surface area contributed by atoms with Crippen LogP contribution in [0, 0.1) is 10.8 Å². The van der Waals surface area contributed by atoms with Gasteiger partial charge in [-0.25, -0.2) is 0 Å². The third kappa shape index (κ3) is 10.2. The maximum absolute atomic E-state index is 12.9. The number of rotatable bonds is 10. The number of aldehydes is 1. The first-order chi connectivity index (χ1) is 13.6. The van der Waals surface area contributed by atoms with Crippen LogP contribution in [0.3, 0.4) is 0 Å². The highest BCUT2D eigenvalue weighted by Crippen LogP contribution is 2.23. The van der Waals surface area contributed by atoms with Gasteiger partial charge in [-0.2, -0.15) is 0 Å². The molecule has 0 bridgehead atoms. The average Bonchev–Trinajstić information content (AvgIpc) is 2.57. The standard InChI is InChI=1S/C20H38N6O4/c1-12(28)24-14(19(2,3)4)17(30)26-15(20(5,6)7)16(29)25-13(11-27)9-8-10-23-18(21)22/h11,13-15H,8-10H2,1-7H3,(H,24,28)(H,25,29)(H,26,30)(H4,21,22,23)/t13-,14+,15?/m0/s1. The number of aliphatic imine (C=N–C) groups is 1. The van der Waals surface area contributed by atoms with Crippen LogP contribution in [-0.4, -0.2) is 54.6 Å². The molecule has 0 aliphatic heterocycles. The Labute approximate surface area is 179 Å². The van der Waals surface area contributed by atoms with E-state index in [4.69, 9.17) is 11.5 Å². The second-order valence-corrected chi connectivity index (χ2v) is 9.51. The molecule has 30 heavy (non-hydrogen) atoms. The van der Waals surface area contributed by atoms with E-state index in [1.165, 1.54) is 6.92 Å². The summed E-state index contributed by atoms with van der Waals surface area (Å²) in [5, 5.41) is 8.05. The van der Waals surface area contributed by atoms with Crippen LogP contribution in [0.4, 0.5) is 0 Å². The number of guanidine groups is 1. The van der Waals surface area contributed by atoms with E-state index in [2.05, 4.69) is 20.9 Å². The molecule has 0 aromatic carbocycles. The van der Waals surface area contributed by atoms with Gasteiger partial charge >= 0.3 is 0 Å². The van der Waals surface area contributed by atoms with Gasteiger partial charge < -0.3 is 32.2 Å². The summed E-state index contributed by atoms with van der Waals surface area (Å²) in [6, 6.07) is -2.47. The highest BCUT2D eigenvalue weighted by Gasteiger charge is 2.38. The maximum atomic E-state index is 12.9. The largest absolute Gasteiger partial charge is 0.370 e. The highest BCUT2D eigenvalue weighted by molar-refractivity contribution is 5.93. The lowest BCUT2D eigenvalue weighted by Crippen LogP contribution is -2.61. The van der Waals surface area contributed by atoms with Gasteiger partial charge in [-0.05, 0) is 23.7 Å². The fraction of sp³-hybridized carbons (Fsp3) is 0.750. The molecule has 7 N–H and O–H groups in total. The van der Waals surface area contributed by atoms with Gasteiger partial charge in [0.2, 0.25) is 17.7 Å². The number of carbonyl (C=O) groups excluding carboxylic acids is 4. The van der Waals surface area contributed by atoms with Crippen LogP contribution < -0.4 is 27.4 Å². The van der Waals surface area contributed by atoms with Crippen LogP contribution in [0.25, 0.3) is 0 Å². The zero-order valence-electron chi connectivity index (χ0n) is 19.2. The normalized spacial score (nSPS) is 14.6. The number of nitrogens with one attached hydrogen (secondary N) is 3. The van der Waals surface area contributed by atoms with E-state index >= 15 is 0 Å². The highest BCUT2D eigenvalue weighted by atomic mass is 16.2. The van der Waals surface area contributed by atoms with Gasteiger partial charge in [0, 0.05) is 13.5 Å². The van der Waals surface area contributed by atoms with Crippen LogP contribution in [0.5, 0.6) is 0 Å². The van der Waals surface area contributed by atoms with E-state index < -0.39 is 40.8 Å². The Hall–Kier alpha value is -2.65. The summed E-state index contributed by atoms with van der Waals surface area (Å²) in [6.07, 6.45) is 1.50. The molecule has 0 aromatic heterocycles. The summed E-state index contributed by atoms with van der Waals surface area (Å²) in [5.41, 5.74) is 9.33. The number of hydrogen-bond acceptors (Lipinski definition) is 5. The van der Waals surface area contributed by atoms with Gasteiger partial charge in [-0.1, -0.05) is 41.5 Å². The van der Waals surface area contributed by atoms with E-state index in [9.17, 15) is 19.2 Å². The second kappa shape index (κ2) is 11.5. The summed E-state index contributed by atoms with van der Waals surface area (Å²) >= 11 is 0. The molecule has 0 saturated heterocycles. The van der Waals surface area contributed by atoms with Crippen LogP contribution in [-0.2, 0) is 19.2 Å².